The minimum absolute atomic E-state index is 0.0701. The number of benzene rings is 3. The summed E-state index contributed by atoms with van der Waals surface area (Å²) in [5.74, 6) is 0.852. The summed E-state index contributed by atoms with van der Waals surface area (Å²) < 4.78 is 7.31. The quantitative estimate of drug-likeness (QED) is 0.549. The number of hydrogen-bond donors (Lipinski definition) is 0. The van der Waals surface area contributed by atoms with Gasteiger partial charge in [-0.15, -0.1) is 5.10 Å². The van der Waals surface area contributed by atoms with Gasteiger partial charge < -0.3 is 4.74 Å². The molecule has 0 radical (unpaired) electrons. The molecule has 0 N–H and O–H groups in total. The average Bonchev–Trinajstić information content (AvgIpc) is 3.11. The highest BCUT2D eigenvalue weighted by atomic mass is 16.5. The normalized spacial score (nSPS) is 12.2. The van der Waals surface area contributed by atoms with E-state index in [0.717, 1.165) is 23.2 Å². The fraction of sp³-hybridized carbons (Fsp3) is 0.143. The van der Waals surface area contributed by atoms with Gasteiger partial charge in [0, 0.05) is 0 Å². The molecule has 1 atom stereocenters. The minimum Gasteiger partial charge on any atom is -0.497 e. The van der Waals surface area contributed by atoms with Gasteiger partial charge in [0.15, 0.2) is 0 Å². The van der Waals surface area contributed by atoms with Gasteiger partial charge in [0.05, 0.1) is 18.7 Å². The van der Waals surface area contributed by atoms with Gasteiger partial charge >= 0.3 is 0 Å². The van der Waals surface area contributed by atoms with Gasteiger partial charge in [-0.05, 0) is 41.8 Å². The zero-order chi connectivity index (χ0) is 17.1. The molecule has 0 fully saturated rings. The summed E-state index contributed by atoms with van der Waals surface area (Å²) in [5, 5.41) is 8.77. The van der Waals surface area contributed by atoms with Crippen LogP contribution < -0.4 is 4.74 Å². The second-order valence-electron chi connectivity index (χ2n) is 6.00. The van der Waals surface area contributed by atoms with E-state index in [4.69, 9.17) is 4.74 Å². The Bertz CT molecular complexity index is 961. The Balaban J connectivity index is 1.79. The summed E-state index contributed by atoms with van der Waals surface area (Å²) in [5.41, 5.74) is 4.40. The average molecular weight is 329 g/mol. The number of rotatable bonds is 5. The molecule has 0 saturated carbocycles. The van der Waals surface area contributed by atoms with Crippen LogP contribution in [0.4, 0.5) is 0 Å². The van der Waals surface area contributed by atoms with Crippen molar-refractivity contribution in [1.29, 1.82) is 0 Å². The van der Waals surface area contributed by atoms with Gasteiger partial charge in [-0.2, -0.15) is 0 Å². The molecule has 4 heteroatoms. The van der Waals surface area contributed by atoms with Crippen LogP contribution >= 0.6 is 0 Å². The van der Waals surface area contributed by atoms with E-state index in [9.17, 15) is 0 Å². The molecule has 1 heterocycles. The standard InChI is InChI=1S/C21H19N3O/c1-25-18-13-11-17(12-14-18)21(15-16-7-3-2-4-8-16)24-20-10-6-5-9-19(20)22-23-24/h2-14,21H,15H2,1H3. The third-order valence-corrected chi connectivity index (χ3v) is 4.45. The first kappa shape index (κ1) is 15.4. The van der Waals surface area contributed by atoms with E-state index < -0.39 is 0 Å². The highest BCUT2D eigenvalue weighted by Crippen LogP contribution is 2.27. The molecule has 0 spiro atoms. The number of fused-ring (bicyclic) bond motifs is 1. The van der Waals surface area contributed by atoms with Gasteiger partial charge in [0.1, 0.15) is 11.3 Å². The Labute approximate surface area is 146 Å². The fourth-order valence-corrected chi connectivity index (χ4v) is 3.13. The first-order valence-corrected chi connectivity index (χ1v) is 8.33. The summed E-state index contributed by atoms with van der Waals surface area (Å²) in [6, 6.07) is 26.8. The molecular formula is C21H19N3O. The summed E-state index contributed by atoms with van der Waals surface area (Å²) in [6.07, 6.45) is 0.848. The number of nitrogens with zero attached hydrogens (tertiary/aromatic N) is 3. The molecular weight excluding hydrogens is 310 g/mol. The molecule has 1 unspecified atom stereocenters. The SMILES string of the molecule is COc1ccc(C(Cc2ccccc2)n2nnc3ccccc32)cc1. The topological polar surface area (TPSA) is 39.9 Å². The van der Waals surface area contributed by atoms with Crippen LogP contribution in [0.25, 0.3) is 11.0 Å². The van der Waals surface area contributed by atoms with E-state index in [1.165, 1.54) is 11.1 Å². The van der Waals surface area contributed by atoms with Crippen molar-refractivity contribution in [2.75, 3.05) is 7.11 Å². The molecule has 0 bridgehead atoms. The smallest absolute Gasteiger partial charge is 0.118 e. The Morgan fingerprint density at radius 1 is 0.880 bits per heavy atom. The van der Waals surface area contributed by atoms with Crippen molar-refractivity contribution in [2.24, 2.45) is 0 Å². The van der Waals surface area contributed by atoms with Gasteiger partial charge in [0.2, 0.25) is 0 Å². The maximum absolute atomic E-state index is 5.29. The number of para-hydroxylation sites is 1. The highest BCUT2D eigenvalue weighted by Gasteiger charge is 2.18. The van der Waals surface area contributed by atoms with Crippen molar-refractivity contribution in [3.8, 4) is 5.75 Å². The Morgan fingerprint density at radius 2 is 1.60 bits per heavy atom. The van der Waals surface area contributed by atoms with Crippen LogP contribution in [-0.4, -0.2) is 22.1 Å². The number of hydrogen-bond acceptors (Lipinski definition) is 3. The molecule has 0 aliphatic rings. The van der Waals surface area contributed by atoms with Crippen molar-refractivity contribution in [3.63, 3.8) is 0 Å². The Hall–Kier alpha value is -3.14. The van der Waals surface area contributed by atoms with Crippen LogP contribution in [0.3, 0.4) is 0 Å². The molecule has 4 rings (SSSR count). The van der Waals surface area contributed by atoms with Gasteiger partial charge in [-0.25, -0.2) is 4.68 Å². The fourth-order valence-electron chi connectivity index (χ4n) is 3.13. The molecule has 124 valence electrons. The largest absolute Gasteiger partial charge is 0.497 e. The highest BCUT2D eigenvalue weighted by molar-refractivity contribution is 5.74. The zero-order valence-electron chi connectivity index (χ0n) is 14.0. The molecule has 0 amide bonds. The lowest BCUT2D eigenvalue weighted by Gasteiger charge is -2.19. The molecule has 3 aromatic carbocycles. The predicted molar refractivity (Wildman–Crippen MR) is 98.8 cm³/mol. The van der Waals surface area contributed by atoms with E-state index >= 15 is 0 Å². The van der Waals surface area contributed by atoms with E-state index in [-0.39, 0.29) is 6.04 Å². The monoisotopic (exact) mass is 329 g/mol. The molecule has 0 aliphatic heterocycles. The lowest BCUT2D eigenvalue weighted by atomic mass is 9.98. The van der Waals surface area contributed by atoms with Crippen LogP contribution in [0.1, 0.15) is 17.2 Å². The van der Waals surface area contributed by atoms with Crippen LogP contribution in [0.5, 0.6) is 5.75 Å². The van der Waals surface area contributed by atoms with Crippen LogP contribution in [-0.2, 0) is 6.42 Å². The molecule has 0 aliphatic carbocycles. The lowest BCUT2D eigenvalue weighted by molar-refractivity contribution is 0.414. The summed E-state index contributed by atoms with van der Waals surface area (Å²) in [7, 11) is 1.68. The van der Waals surface area contributed by atoms with Gasteiger partial charge in [-0.3, -0.25) is 0 Å². The van der Waals surface area contributed by atoms with Crippen LogP contribution in [0.15, 0.2) is 78.9 Å². The van der Waals surface area contributed by atoms with Gasteiger partial charge in [-0.1, -0.05) is 59.8 Å². The third-order valence-electron chi connectivity index (χ3n) is 4.45. The van der Waals surface area contributed by atoms with E-state index in [1.807, 2.05) is 41.1 Å². The maximum Gasteiger partial charge on any atom is 0.118 e. The number of ether oxygens (including phenoxy) is 1. The Morgan fingerprint density at radius 3 is 2.36 bits per heavy atom. The molecule has 0 saturated heterocycles. The first-order valence-electron chi connectivity index (χ1n) is 8.33. The van der Waals surface area contributed by atoms with Crippen LogP contribution in [0, 0.1) is 0 Å². The second-order valence-corrected chi connectivity index (χ2v) is 6.00. The summed E-state index contributed by atoms with van der Waals surface area (Å²) in [4.78, 5) is 0. The van der Waals surface area contributed by atoms with E-state index in [0.29, 0.717) is 0 Å². The Kier molecular flexibility index (Phi) is 4.17. The van der Waals surface area contributed by atoms with Crippen LogP contribution in [0.2, 0.25) is 0 Å². The predicted octanol–water partition coefficient (Wildman–Crippen LogP) is 4.27. The second kappa shape index (κ2) is 6.77. The third kappa shape index (κ3) is 3.11. The van der Waals surface area contributed by atoms with Gasteiger partial charge in [0.25, 0.3) is 0 Å². The molecule has 4 nitrogen and oxygen atoms in total. The molecule has 25 heavy (non-hydrogen) atoms. The molecule has 1 aromatic heterocycles. The minimum atomic E-state index is 0.0701. The number of aromatic nitrogens is 3. The summed E-state index contributed by atoms with van der Waals surface area (Å²) >= 11 is 0. The first-order chi connectivity index (χ1) is 12.3. The number of methoxy groups -OCH3 is 1. The maximum atomic E-state index is 5.29. The van der Waals surface area contributed by atoms with Crippen molar-refractivity contribution in [2.45, 2.75) is 12.5 Å². The summed E-state index contributed by atoms with van der Waals surface area (Å²) in [6.45, 7) is 0. The van der Waals surface area contributed by atoms with E-state index in [1.54, 1.807) is 7.11 Å². The molecule has 4 aromatic rings. The van der Waals surface area contributed by atoms with Crippen molar-refractivity contribution in [3.05, 3.63) is 90.0 Å². The van der Waals surface area contributed by atoms with Crippen molar-refractivity contribution in [1.82, 2.24) is 15.0 Å². The van der Waals surface area contributed by atoms with Crippen molar-refractivity contribution >= 4 is 11.0 Å². The zero-order valence-corrected chi connectivity index (χ0v) is 14.0. The van der Waals surface area contributed by atoms with E-state index in [2.05, 4.69) is 52.8 Å². The lowest BCUT2D eigenvalue weighted by Crippen LogP contribution is -2.15. The van der Waals surface area contributed by atoms with Crippen molar-refractivity contribution < 1.29 is 4.74 Å².